The molecule has 116 valence electrons. The molecule has 0 radical (unpaired) electrons. The predicted octanol–water partition coefficient (Wildman–Crippen LogP) is 3.66. The Balaban J connectivity index is 2.06. The molecule has 3 aromatic rings. The first-order chi connectivity index (χ1) is 11.0. The number of hydrogen-bond donors (Lipinski definition) is 1. The van der Waals surface area contributed by atoms with E-state index in [1.54, 1.807) is 0 Å². The molecule has 0 fully saturated rings. The Morgan fingerprint density at radius 3 is 2.39 bits per heavy atom. The van der Waals surface area contributed by atoms with Crippen molar-refractivity contribution >= 4 is 27.0 Å². The average molecular weight is 325 g/mol. The Morgan fingerprint density at radius 2 is 1.65 bits per heavy atom. The van der Waals surface area contributed by atoms with Crippen LogP contribution in [-0.4, -0.2) is 19.7 Å². The lowest BCUT2D eigenvalue weighted by molar-refractivity contribution is 0.475. The number of nitrogens with zero attached hydrogens (tertiary/aromatic N) is 1. The molecule has 0 aliphatic carbocycles. The molecule has 0 aliphatic rings. The van der Waals surface area contributed by atoms with Gasteiger partial charge in [0, 0.05) is 11.8 Å². The van der Waals surface area contributed by atoms with Crippen molar-refractivity contribution in [1.29, 1.82) is 0 Å². The van der Waals surface area contributed by atoms with Gasteiger partial charge in [0.15, 0.2) is 0 Å². The summed E-state index contributed by atoms with van der Waals surface area (Å²) in [5, 5.41) is 11.2. The van der Waals surface area contributed by atoms with Crippen molar-refractivity contribution in [1.82, 2.24) is 0 Å². The summed E-state index contributed by atoms with van der Waals surface area (Å²) in [6, 6.07) is 17.0. The number of rotatable bonds is 3. The molecular formula is C18H15NO3S. The first-order valence-electron chi connectivity index (χ1n) is 7.05. The molecule has 0 heterocycles. The van der Waals surface area contributed by atoms with Crippen LogP contribution in [0.1, 0.15) is 11.1 Å². The van der Waals surface area contributed by atoms with Crippen molar-refractivity contribution in [2.24, 2.45) is 4.40 Å². The van der Waals surface area contributed by atoms with Crippen molar-refractivity contribution < 1.29 is 13.5 Å². The SMILES string of the molecule is Cc1ccc2ccccc2c1C=NS(=O)(=O)c1ccc(O)cc1. The van der Waals surface area contributed by atoms with Crippen molar-refractivity contribution in [2.45, 2.75) is 11.8 Å². The Hall–Kier alpha value is -2.66. The molecule has 0 atom stereocenters. The summed E-state index contributed by atoms with van der Waals surface area (Å²) in [5.41, 5.74) is 1.74. The fraction of sp³-hybridized carbons (Fsp3) is 0.0556. The molecule has 0 amide bonds. The summed E-state index contributed by atoms with van der Waals surface area (Å²) in [4.78, 5) is 0.0458. The van der Waals surface area contributed by atoms with Gasteiger partial charge in [-0.1, -0.05) is 36.4 Å². The number of benzene rings is 3. The van der Waals surface area contributed by atoms with Crippen LogP contribution < -0.4 is 0 Å². The summed E-state index contributed by atoms with van der Waals surface area (Å²) >= 11 is 0. The molecule has 0 bridgehead atoms. The van der Waals surface area contributed by atoms with E-state index in [0.29, 0.717) is 0 Å². The van der Waals surface area contributed by atoms with E-state index < -0.39 is 10.0 Å². The molecule has 3 aromatic carbocycles. The van der Waals surface area contributed by atoms with Crippen LogP contribution in [0.25, 0.3) is 10.8 Å². The quantitative estimate of drug-likeness (QED) is 0.747. The second-order valence-corrected chi connectivity index (χ2v) is 6.85. The van der Waals surface area contributed by atoms with Gasteiger partial charge in [0.2, 0.25) is 0 Å². The summed E-state index contributed by atoms with van der Waals surface area (Å²) in [5.74, 6) is 0.0119. The Labute approximate surface area is 134 Å². The summed E-state index contributed by atoms with van der Waals surface area (Å²) in [6.07, 6.45) is 1.39. The highest BCUT2D eigenvalue weighted by Gasteiger charge is 2.12. The Kier molecular flexibility index (Phi) is 3.88. The first-order valence-corrected chi connectivity index (χ1v) is 8.49. The highest BCUT2D eigenvalue weighted by atomic mass is 32.2. The molecule has 5 heteroatoms. The highest BCUT2D eigenvalue weighted by Crippen LogP contribution is 2.22. The molecule has 0 saturated carbocycles. The van der Waals surface area contributed by atoms with Crippen molar-refractivity contribution in [3.8, 4) is 5.75 Å². The summed E-state index contributed by atoms with van der Waals surface area (Å²) in [6.45, 7) is 1.92. The van der Waals surface area contributed by atoms with Crippen molar-refractivity contribution in [3.05, 3.63) is 71.8 Å². The van der Waals surface area contributed by atoms with Crippen molar-refractivity contribution in [2.75, 3.05) is 0 Å². The van der Waals surface area contributed by atoms with Crippen LogP contribution in [0, 0.1) is 6.92 Å². The van der Waals surface area contributed by atoms with Crippen LogP contribution >= 0.6 is 0 Å². The monoisotopic (exact) mass is 325 g/mol. The van der Waals surface area contributed by atoms with Crippen LogP contribution in [0.2, 0.25) is 0 Å². The van der Waals surface area contributed by atoms with E-state index in [1.807, 2.05) is 43.3 Å². The van der Waals surface area contributed by atoms with Gasteiger partial charge in [-0.25, -0.2) is 0 Å². The van der Waals surface area contributed by atoms with E-state index in [1.165, 1.54) is 30.5 Å². The van der Waals surface area contributed by atoms with Gasteiger partial charge < -0.3 is 5.11 Å². The molecule has 0 aliphatic heterocycles. The maximum atomic E-state index is 12.3. The van der Waals surface area contributed by atoms with Gasteiger partial charge in [0.05, 0.1) is 4.90 Å². The van der Waals surface area contributed by atoms with Gasteiger partial charge >= 0.3 is 0 Å². The molecule has 0 unspecified atom stereocenters. The summed E-state index contributed by atoms with van der Waals surface area (Å²) in [7, 11) is -3.80. The minimum atomic E-state index is -3.80. The highest BCUT2D eigenvalue weighted by molar-refractivity contribution is 7.90. The van der Waals surface area contributed by atoms with Gasteiger partial charge in [-0.05, 0) is 47.5 Å². The third-order valence-corrected chi connectivity index (χ3v) is 4.89. The van der Waals surface area contributed by atoms with E-state index >= 15 is 0 Å². The Bertz CT molecular complexity index is 990. The Morgan fingerprint density at radius 1 is 0.957 bits per heavy atom. The maximum Gasteiger partial charge on any atom is 0.282 e. The molecule has 0 aromatic heterocycles. The number of phenols is 1. The van der Waals surface area contributed by atoms with Gasteiger partial charge in [-0.2, -0.15) is 12.8 Å². The number of sulfonamides is 1. The average Bonchev–Trinajstić information content (AvgIpc) is 2.54. The van der Waals surface area contributed by atoms with Crippen LogP contribution in [0.5, 0.6) is 5.75 Å². The number of aryl methyl sites for hydroxylation is 1. The summed E-state index contributed by atoms with van der Waals surface area (Å²) < 4.78 is 28.4. The molecule has 1 N–H and O–H groups in total. The third kappa shape index (κ3) is 3.10. The molecule has 3 rings (SSSR count). The third-order valence-electron chi connectivity index (χ3n) is 3.64. The molecular weight excluding hydrogens is 310 g/mol. The zero-order valence-corrected chi connectivity index (χ0v) is 13.3. The van der Waals surface area contributed by atoms with Gasteiger partial charge in [0.25, 0.3) is 10.0 Å². The largest absolute Gasteiger partial charge is 0.508 e. The topological polar surface area (TPSA) is 66.7 Å². The van der Waals surface area contributed by atoms with Gasteiger partial charge in [-0.15, -0.1) is 0 Å². The van der Waals surface area contributed by atoms with Crippen LogP contribution in [0.4, 0.5) is 0 Å². The normalized spacial score (nSPS) is 12.0. The second-order valence-electron chi connectivity index (χ2n) is 5.22. The van der Waals surface area contributed by atoms with E-state index in [-0.39, 0.29) is 10.6 Å². The molecule has 0 saturated heterocycles. The fourth-order valence-corrected chi connectivity index (χ4v) is 3.22. The minimum absolute atomic E-state index is 0.0119. The molecule has 4 nitrogen and oxygen atoms in total. The smallest absolute Gasteiger partial charge is 0.282 e. The lowest BCUT2D eigenvalue weighted by Crippen LogP contribution is -1.98. The zero-order chi connectivity index (χ0) is 16.4. The molecule has 0 spiro atoms. The van der Waals surface area contributed by atoms with E-state index in [4.69, 9.17) is 0 Å². The number of fused-ring (bicyclic) bond motifs is 1. The van der Waals surface area contributed by atoms with Crippen molar-refractivity contribution in [3.63, 3.8) is 0 Å². The second kappa shape index (κ2) is 5.85. The zero-order valence-electron chi connectivity index (χ0n) is 12.5. The standard InChI is InChI=1S/C18H15NO3S/c1-13-6-7-14-4-2-3-5-17(14)18(13)12-19-23(21,22)16-10-8-15(20)9-11-16/h2-12,20H,1H3. The van der Waals surface area contributed by atoms with E-state index in [0.717, 1.165) is 21.9 Å². The number of aromatic hydroxyl groups is 1. The van der Waals surface area contributed by atoms with E-state index in [9.17, 15) is 13.5 Å². The minimum Gasteiger partial charge on any atom is -0.508 e. The van der Waals surface area contributed by atoms with Crippen LogP contribution in [-0.2, 0) is 10.0 Å². The van der Waals surface area contributed by atoms with Crippen LogP contribution in [0.15, 0.2) is 70.0 Å². The van der Waals surface area contributed by atoms with Gasteiger partial charge in [-0.3, -0.25) is 0 Å². The lowest BCUT2D eigenvalue weighted by Gasteiger charge is -2.06. The predicted molar refractivity (Wildman–Crippen MR) is 91.6 cm³/mol. The van der Waals surface area contributed by atoms with Gasteiger partial charge in [0.1, 0.15) is 5.75 Å². The number of hydrogen-bond acceptors (Lipinski definition) is 3. The number of phenolic OH excluding ortho intramolecular Hbond substituents is 1. The lowest BCUT2D eigenvalue weighted by atomic mass is 10.0. The maximum absolute atomic E-state index is 12.3. The van der Waals surface area contributed by atoms with E-state index in [2.05, 4.69) is 4.40 Å². The van der Waals surface area contributed by atoms with Crippen LogP contribution in [0.3, 0.4) is 0 Å². The molecule has 23 heavy (non-hydrogen) atoms. The first kappa shape index (κ1) is 15.2. The fourth-order valence-electron chi connectivity index (χ4n) is 2.38.